The number of carbonyl (C=O) groups is 3. The fourth-order valence-corrected chi connectivity index (χ4v) is 5.97. The van der Waals surface area contributed by atoms with Crippen molar-refractivity contribution in [3.8, 4) is 28.4 Å². The lowest BCUT2D eigenvalue weighted by molar-refractivity contribution is -0.142. The molecule has 242 valence electrons. The number of hydrogen-bond donors (Lipinski definition) is 2. The van der Waals surface area contributed by atoms with E-state index in [1.54, 1.807) is 47.5 Å². The highest BCUT2D eigenvalue weighted by atomic mass is 16.6. The predicted octanol–water partition coefficient (Wildman–Crippen LogP) is 4.01. The summed E-state index contributed by atoms with van der Waals surface area (Å²) in [5.74, 6) is 1.27. The van der Waals surface area contributed by atoms with Crippen molar-refractivity contribution in [2.45, 2.75) is 45.3 Å². The Labute approximate surface area is 267 Å². The molecule has 12 nitrogen and oxygen atoms in total. The van der Waals surface area contributed by atoms with Gasteiger partial charge < -0.3 is 39.1 Å². The van der Waals surface area contributed by atoms with Crippen LogP contribution in [0.4, 0.5) is 0 Å². The number of methoxy groups -OCH3 is 1. The van der Waals surface area contributed by atoms with Crippen LogP contribution in [0.2, 0.25) is 0 Å². The molecule has 0 fully saturated rings. The largest absolute Gasteiger partial charge is 0.496 e. The number of oxime groups is 1. The molecule has 0 radical (unpaired) electrons. The second-order valence-corrected chi connectivity index (χ2v) is 11.7. The van der Waals surface area contributed by atoms with Crippen molar-refractivity contribution in [2.75, 3.05) is 46.5 Å². The van der Waals surface area contributed by atoms with Gasteiger partial charge in [0.25, 0.3) is 17.7 Å². The Hall–Kier alpha value is -5.00. The Morgan fingerprint density at radius 2 is 1.85 bits per heavy atom. The molecule has 6 rings (SSSR count). The molecule has 3 amide bonds. The van der Waals surface area contributed by atoms with Crippen LogP contribution in [0.3, 0.4) is 0 Å². The molecule has 3 aromatic rings. The summed E-state index contributed by atoms with van der Waals surface area (Å²) in [6.07, 6.45) is 5.26. The fourth-order valence-electron chi connectivity index (χ4n) is 5.97. The molecule has 3 aliphatic heterocycles. The molecule has 2 aromatic carbocycles. The monoisotopic (exact) mass is 629 g/mol. The minimum Gasteiger partial charge on any atom is -0.496 e. The Kier molecular flexibility index (Phi) is 9.41. The summed E-state index contributed by atoms with van der Waals surface area (Å²) in [4.78, 5) is 51.8. The summed E-state index contributed by atoms with van der Waals surface area (Å²) < 4.78 is 18.3. The molecule has 2 N–H and O–H groups in total. The third kappa shape index (κ3) is 6.80. The molecule has 0 saturated heterocycles. The molecule has 1 aromatic heterocycles. The normalized spacial score (nSPS) is 18.9. The summed E-state index contributed by atoms with van der Waals surface area (Å²) in [6.45, 7) is 4.64. The number of benzene rings is 2. The number of rotatable bonds is 3. The van der Waals surface area contributed by atoms with Crippen molar-refractivity contribution in [2.24, 2.45) is 5.16 Å². The van der Waals surface area contributed by atoms with Crippen LogP contribution >= 0.6 is 0 Å². The molecular weight excluding hydrogens is 590 g/mol. The van der Waals surface area contributed by atoms with Crippen LogP contribution in [0, 0.1) is 0 Å². The second-order valence-electron chi connectivity index (χ2n) is 11.7. The van der Waals surface area contributed by atoms with Crippen LogP contribution in [0.25, 0.3) is 11.1 Å². The number of nitrogens with one attached hydrogen (secondary N) is 2. The number of aromatic amines is 1. The average Bonchev–Trinajstić information content (AvgIpc) is 3.72. The van der Waals surface area contributed by atoms with Gasteiger partial charge in [-0.05, 0) is 68.1 Å². The van der Waals surface area contributed by atoms with Gasteiger partial charge in [0.05, 0.1) is 31.5 Å². The third-order valence-corrected chi connectivity index (χ3v) is 8.38. The Bertz CT molecular complexity index is 1620. The van der Waals surface area contributed by atoms with Crippen molar-refractivity contribution in [3.63, 3.8) is 0 Å². The first-order valence-corrected chi connectivity index (χ1v) is 15.7. The van der Waals surface area contributed by atoms with Gasteiger partial charge in [0, 0.05) is 61.7 Å². The zero-order chi connectivity index (χ0) is 32.0. The first-order chi connectivity index (χ1) is 22.4. The lowest BCUT2D eigenvalue weighted by Gasteiger charge is -2.25. The van der Waals surface area contributed by atoms with Crippen LogP contribution in [0.1, 0.15) is 58.9 Å². The van der Waals surface area contributed by atoms with Crippen molar-refractivity contribution in [1.82, 2.24) is 20.1 Å². The predicted molar refractivity (Wildman–Crippen MR) is 170 cm³/mol. The molecule has 4 heterocycles. The minimum atomic E-state index is -0.617. The Morgan fingerprint density at radius 3 is 2.63 bits per heavy atom. The number of hydrogen-bond acceptors (Lipinski definition) is 8. The van der Waals surface area contributed by atoms with Gasteiger partial charge in [-0.3, -0.25) is 14.4 Å². The number of fused-ring (bicyclic) bond motifs is 7. The van der Waals surface area contributed by atoms with E-state index in [1.807, 2.05) is 25.1 Å². The smallest absolute Gasteiger partial charge is 0.266 e. The number of amides is 3. The maximum absolute atomic E-state index is 13.3. The highest BCUT2D eigenvalue weighted by Crippen LogP contribution is 2.41. The summed E-state index contributed by atoms with van der Waals surface area (Å²) in [6, 6.07) is 10.9. The minimum absolute atomic E-state index is 0.1000. The van der Waals surface area contributed by atoms with Crippen molar-refractivity contribution in [1.29, 1.82) is 0 Å². The summed E-state index contributed by atoms with van der Waals surface area (Å²) in [5.41, 5.74) is 4.10. The van der Waals surface area contributed by atoms with Gasteiger partial charge in [-0.2, -0.15) is 0 Å². The average molecular weight is 630 g/mol. The van der Waals surface area contributed by atoms with E-state index >= 15 is 0 Å². The Morgan fingerprint density at radius 1 is 0.978 bits per heavy atom. The van der Waals surface area contributed by atoms with Gasteiger partial charge in [0.2, 0.25) is 6.10 Å². The van der Waals surface area contributed by atoms with Gasteiger partial charge in [-0.1, -0.05) is 5.16 Å². The van der Waals surface area contributed by atoms with Gasteiger partial charge in [-0.15, -0.1) is 0 Å². The molecule has 4 bridgehead atoms. The van der Waals surface area contributed by atoms with Gasteiger partial charge in [0.1, 0.15) is 12.4 Å². The van der Waals surface area contributed by atoms with Crippen LogP contribution < -0.4 is 19.5 Å². The molecule has 0 aliphatic carbocycles. The highest BCUT2D eigenvalue weighted by Gasteiger charge is 2.30. The first-order valence-electron chi connectivity index (χ1n) is 15.7. The zero-order valence-corrected chi connectivity index (χ0v) is 26.2. The molecule has 12 heteroatoms. The summed E-state index contributed by atoms with van der Waals surface area (Å²) >= 11 is 0. The number of H-pyrrole nitrogens is 1. The van der Waals surface area contributed by atoms with Crippen LogP contribution in [0.15, 0.2) is 53.9 Å². The first kappa shape index (κ1) is 31.0. The zero-order valence-electron chi connectivity index (χ0n) is 26.2. The molecule has 1 unspecified atom stereocenters. The van der Waals surface area contributed by atoms with E-state index in [0.717, 1.165) is 16.8 Å². The van der Waals surface area contributed by atoms with Crippen LogP contribution in [-0.2, 0) is 16.2 Å². The van der Waals surface area contributed by atoms with E-state index in [2.05, 4.69) is 15.5 Å². The molecule has 0 saturated carbocycles. The standard InChI is InChI=1S/C34H39N5O7/c1-22-16-30(46-37-22)34(42)38-11-4-3-9-36-32(40)23-6-7-28(43-2)27(18-23)25-17-26-21-39(33(41)24-8-10-35-20-24)13-15-45-31(26)29(19-25)44-14-5-12-38/h6-8,10,17-20,30,35H,3-5,9,11-16,21H2,1-2H3,(H,36,40). The molecular formula is C34H39N5O7. The van der Waals surface area contributed by atoms with Crippen molar-refractivity contribution >= 4 is 23.4 Å². The number of nitrogens with zero attached hydrogens (tertiary/aromatic N) is 3. The number of carbonyl (C=O) groups excluding carboxylic acids is 3. The SMILES string of the molecule is COc1ccc2cc1-c1cc3c(c(c1)OCCCN(C(=O)C1CC(C)=NO1)CCCCNC2=O)OCCN(C(=O)c1cc[nH]c1)C3. The maximum atomic E-state index is 13.3. The second kappa shape index (κ2) is 14.0. The van der Waals surface area contributed by atoms with Gasteiger partial charge in [0.15, 0.2) is 11.5 Å². The van der Waals surface area contributed by atoms with E-state index in [1.165, 1.54) is 0 Å². The van der Waals surface area contributed by atoms with Gasteiger partial charge in [-0.25, -0.2) is 0 Å². The van der Waals surface area contributed by atoms with Crippen LogP contribution in [0.5, 0.6) is 17.2 Å². The Balaban J connectivity index is 1.33. The third-order valence-electron chi connectivity index (χ3n) is 8.38. The van der Waals surface area contributed by atoms with E-state index in [-0.39, 0.29) is 17.7 Å². The highest BCUT2D eigenvalue weighted by molar-refractivity contribution is 5.96. The van der Waals surface area contributed by atoms with E-state index in [4.69, 9.17) is 19.0 Å². The quantitative estimate of drug-likeness (QED) is 0.447. The lowest BCUT2D eigenvalue weighted by Crippen LogP contribution is -2.41. The van der Waals surface area contributed by atoms with Crippen molar-refractivity contribution < 1.29 is 33.4 Å². The number of aromatic nitrogens is 1. The van der Waals surface area contributed by atoms with Crippen molar-refractivity contribution in [3.05, 3.63) is 65.5 Å². The molecule has 1 atom stereocenters. The summed E-state index contributed by atoms with van der Waals surface area (Å²) in [5, 5.41) is 6.97. The van der Waals surface area contributed by atoms with E-state index in [9.17, 15) is 14.4 Å². The van der Waals surface area contributed by atoms with Crippen LogP contribution in [-0.4, -0.2) is 90.8 Å². The molecule has 46 heavy (non-hydrogen) atoms. The number of ether oxygens (including phenoxy) is 3. The summed E-state index contributed by atoms with van der Waals surface area (Å²) in [7, 11) is 1.59. The lowest BCUT2D eigenvalue weighted by atomic mass is 9.98. The van der Waals surface area contributed by atoms with E-state index in [0.29, 0.717) is 106 Å². The molecule has 3 aliphatic rings. The maximum Gasteiger partial charge on any atom is 0.266 e. The fraction of sp³-hybridized carbons (Fsp3) is 0.412. The topological polar surface area (TPSA) is 135 Å². The van der Waals surface area contributed by atoms with Gasteiger partial charge >= 0.3 is 0 Å². The van der Waals surface area contributed by atoms with E-state index < -0.39 is 6.10 Å². The molecule has 0 spiro atoms.